The zero-order valence-electron chi connectivity index (χ0n) is 13.6. The third-order valence-corrected chi connectivity index (χ3v) is 4.68. The predicted molar refractivity (Wildman–Crippen MR) is 94.2 cm³/mol. The molecule has 2 aromatic rings. The lowest BCUT2D eigenvalue weighted by molar-refractivity contribution is 0.265. The lowest BCUT2D eigenvalue weighted by Crippen LogP contribution is -2.31. The summed E-state index contributed by atoms with van der Waals surface area (Å²) in [5.74, 6) is 2.01. The van der Waals surface area contributed by atoms with Crippen molar-refractivity contribution in [2.45, 2.75) is 6.92 Å². The number of hydrogen-bond acceptors (Lipinski definition) is 6. The lowest BCUT2D eigenvalue weighted by Gasteiger charge is -2.18. The maximum Gasteiger partial charge on any atom is 0.135 e. The van der Waals surface area contributed by atoms with E-state index < -0.39 is 0 Å². The summed E-state index contributed by atoms with van der Waals surface area (Å²) in [4.78, 5) is 6.14. The van der Waals surface area contributed by atoms with Crippen molar-refractivity contribution in [2.24, 2.45) is 0 Å². The van der Waals surface area contributed by atoms with E-state index in [0.29, 0.717) is 36.1 Å². The number of nitrogens with one attached hydrogen (secondary N) is 1. The second kappa shape index (κ2) is 6.92. The second-order valence-corrected chi connectivity index (χ2v) is 6.27. The first-order chi connectivity index (χ1) is 11.6. The summed E-state index contributed by atoms with van der Waals surface area (Å²) >= 11 is 1.44. The van der Waals surface area contributed by atoms with Crippen LogP contribution in [-0.2, 0) is 0 Å². The molecule has 0 spiro atoms. The Morgan fingerprint density at radius 3 is 2.62 bits per heavy atom. The van der Waals surface area contributed by atoms with Crippen LogP contribution < -0.4 is 9.47 Å². The molecule has 6 nitrogen and oxygen atoms in total. The van der Waals surface area contributed by atoms with Crippen molar-refractivity contribution in [3.05, 3.63) is 46.1 Å². The Kier molecular flexibility index (Phi) is 4.71. The van der Waals surface area contributed by atoms with E-state index in [1.165, 1.54) is 11.3 Å². The van der Waals surface area contributed by atoms with Crippen LogP contribution >= 0.6 is 11.3 Å². The molecule has 1 aliphatic heterocycles. The molecule has 3 rings (SSSR count). The van der Waals surface area contributed by atoms with Gasteiger partial charge >= 0.3 is 0 Å². The van der Waals surface area contributed by atoms with Gasteiger partial charge in [0.15, 0.2) is 0 Å². The molecule has 2 N–H and O–H groups in total. The topological polar surface area (TPSA) is 78.7 Å². The highest BCUT2D eigenvalue weighted by Gasteiger charge is 2.29. The van der Waals surface area contributed by atoms with E-state index in [1.807, 2.05) is 36.6 Å². The van der Waals surface area contributed by atoms with E-state index in [2.05, 4.69) is 4.98 Å². The first-order valence-electron chi connectivity index (χ1n) is 7.54. The van der Waals surface area contributed by atoms with Crippen molar-refractivity contribution in [3.63, 3.8) is 0 Å². The molecule has 0 bridgehead atoms. The first-order valence-corrected chi connectivity index (χ1v) is 8.42. The number of aliphatic hydroxyl groups excluding tert-OH is 1. The van der Waals surface area contributed by atoms with Crippen LogP contribution in [0.25, 0.3) is 5.57 Å². The number of nitrogens with zero attached hydrogens (tertiary/aromatic N) is 2. The van der Waals surface area contributed by atoms with Gasteiger partial charge in [-0.3, -0.25) is 5.41 Å². The second-order valence-electron chi connectivity index (χ2n) is 5.41. The molecule has 0 aliphatic carbocycles. The largest absolute Gasteiger partial charge is 0.510 e. The molecule has 24 heavy (non-hydrogen) atoms. The van der Waals surface area contributed by atoms with Crippen molar-refractivity contribution in [1.82, 2.24) is 9.88 Å². The van der Waals surface area contributed by atoms with E-state index in [1.54, 1.807) is 12.0 Å². The van der Waals surface area contributed by atoms with Gasteiger partial charge in [0.2, 0.25) is 0 Å². The molecule has 1 aliphatic rings. The van der Waals surface area contributed by atoms with Gasteiger partial charge in [0.25, 0.3) is 0 Å². The Labute approximate surface area is 144 Å². The maximum atomic E-state index is 10.2. The van der Waals surface area contributed by atoms with Crippen LogP contribution in [-0.4, -0.2) is 47.6 Å². The van der Waals surface area contributed by atoms with Gasteiger partial charge in [-0.25, -0.2) is 4.98 Å². The summed E-state index contributed by atoms with van der Waals surface area (Å²) in [6, 6.07) is 7.36. The standard InChI is InChI=1S/C17H19N3O3S/c1-11-10-24-17(19-11)15-14(21)9-20(16(15)18)7-8-23-13-5-3-12(22-2)4-6-13/h3-6,10,18,21H,7-9H2,1-2H3. The molecule has 0 atom stereocenters. The third-order valence-electron chi connectivity index (χ3n) is 3.70. The number of aryl methyl sites for hydroxylation is 1. The lowest BCUT2D eigenvalue weighted by atomic mass is 10.2. The highest BCUT2D eigenvalue weighted by molar-refractivity contribution is 7.11. The van der Waals surface area contributed by atoms with Crippen molar-refractivity contribution >= 4 is 22.7 Å². The number of methoxy groups -OCH3 is 1. The van der Waals surface area contributed by atoms with Crippen molar-refractivity contribution in [3.8, 4) is 11.5 Å². The van der Waals surface area contributed by atoms with Gasteiger partial charge in [-0.15, -0.1) is 11.3 Å². The summed E-state index contributed by atoms with van der Waals surface area (Å²) in [6.45, 7) is 3.16. The minimum atomic E-state index is 0.193. The van der Waals surface area contributed by atoms with Crippen LogP contribution in [0.2, 0.25) is 0 Å². The van der Waals surface area contributed by atoms with E-state index >= 15 is 0 Å². The fourth-order valence-corrected chi connectivity index (χ4v) is 3.33. The number of hydrogen-bond donors (Lipinski definition) is 2. The highest BCUT2D eigenvalue weighted by Crippen LogP contribution is 2.29. The summed E-state index contributed by atoms with van der Waals surface area (Å²) in [7, 11) is 1.62. The molecule has 0 saturated heterocycles. The fourth-order valence-electron chi connectivity index (χ4n) is 2.46. The number of aliphatic hydroxyl groups is 1. The zero-order chi connectivity index (χ0) is 17.1. The number of thiazole rings is 1. The highest BCUT2D eigenvalue weighted by atomic mass is 32.1. The molecule has 126 valence electrons. The molecule has 2 heterocycles. The molecule has 1 aromatic carbocycles. The van der Waals surface area contributed by atoms with Crippen molar-refractivity contribution in [2.75, 3.05) is 26.8 Å². The first kappa shape index (κ1) is 16.3. The molecule has 0 radical (unpaired) electrons. The van der Waals surface area contributed by atoms with Crippen LogP contribution in [0.3, 0.4) is 0 Å². The molecule has 0 unspecified atom stereocenters. The zero-order valence-corrected chi connectivity index (χ0v) is 14.4. The van der Waals surface area contributed by atoms with E-state index in [0.717, 1.165) is 17.2 Å². The number of rotatable bonds is 6. The third kappa shape index (κ3) is 3.35. The number of amidine groups is 1. The number of aromatic nitrogens is 1. The monoisotopic (exact) mass is 345 g/mol. The van der Waals surface area contributed by atoms with Crippen molar-refractivity contribution < 1.29 is 14.6 Å². The van der Waals surface area contributed by atoms with Gasteiger partial charge in [0.05, 0.1) is 25.8 Å². The van der Waals surface area contributed by atoms with Crippen LogP contribution in [0.5, 0.6) is 11.5 Å². The average Bonchev–Trinajstić information content (AvgIpc) is 3.11. The van der Waals surface area contributed by atoms with Gasteiger partial charge in [-0.05, 0) is 31.2 Å². The minimum absolute atomic E-state index is 0.193. The maximum absolute atomic E-state index is 10.2. The molecule has 0 fully saturated rings. The van der Waals surface area contributed by atoms with Crippen LogP contribution in [0, 0.1) is 12.3 Å². The van der Waals surface area contributed by atoms with E-state index in [4.69, 9.17) is 14.9 Å². The fraction of sp³-hybridized carbons (Fsp3) is 0.294. The molecule has 0 amide bonds. The SMILES string of the molecule is COc1ccc(OCCN2CC(O)=C(c3nc(C)cs3)C2=N)cc1. The number of benzene rings is 1. The Bertz CT molecular complexity index is 768. The van der Waals surface area contributed by atoms with Gasteiger partial charge in [0.1, 0.15) is 34.7 Å². The Balaban J connectivity index is 1.56. The van der Waals surface area contributed by atoms with Crippen LogP contribution in [0.4, 0.5) is 0 Å². The van der Waals surface area contributed by atoms with Gasteiger partial charge in [-0.2, -0.15) is 0 Å². The predicted octanol–water partition coefficient (Wildman–Crippen LogP) is 3.10. The average molecular weight is 345 g/mol. The molecule has 0 saturated carbocycles. The Hall–Kier alpha value is -2.54. The van der Waals surface area contributed by atoms with E-state index in [9.17, 15) is 5.11 Å². The smallest absolute Gasteiger partial charge is 0.135 e. The van der Waals surface area contributed by atoms with Crippen molar-refractivity contribution in [1.29, 1.82) is 5.41 Å². The summed E-state index contributed by atoms with van der Waals surface area (Å²) in [5.41, 5.74) is 1.42. The summed E-state index contributed by atoms with van der Waals surface area (Å²) in [5, 5.41) is 21.1. The van der Waals surface area contributed by atoms with E-state index in [-0.39, 0.29) is 5.76 Å². The molecule has 7 heteroatoms. The Morgan fingerprint density at radius 2 is 2.00 bits per heavy atom. The quantitative estimate of drug-likeness (QED) is 0.841. The molecule has 1 aromatic heterocycles. The summed E-state index contributed by atoms with van der Waals surface area (Å²) < 4.78 is 10.8. The van der Waals surface area contributed by atoms with Crippen LogP contribution in [0.15, 0.2) is 35.4 Å². The number of ether oxygens (including phenoxy) is 2. The van der Waals surface area contributed by atoms with Crippen LogP contribution in [0.1, 0.15) is 10.7 Å². The Morgan fingerprint density at radius 1 is 1.29 bits per heavy atom. The van der Waals surface area contributed by atoms with Gasteiger partial charge in [-0.1, -0.05) is 0 Å². The van der Waals surface area contributed by atoms with Gasteiger partial charge in [0, 0.05) is 11.1 Å². The molecular formula is C17H19N3O3S. The van der Waals surface area contributed by atoms with Gasteiger partial charge < -0.3 is 19.5 Å². The molecular weight excluding hydrogens is 326 g/mol. The summed E-state index contributed by atoms with van der Waals surface area (Å²) in [6.07, 6.45) is 0. The normalized spacial score (nSPS) is 14.4. The minimum Gasteiger partial charge on any atom is -0.510 e.